The summed E-state index contributed by atoms with van der Waals surface area (Å²) in [4.78, 5) is 29.7. The van der Waals surface area contributed by atoms with E-state index in [4.69, 9.17) is 4.74 Å². The molecule has 0 saturated heterocycles. The zero-order valence-electron chi connectivity index (χ0n) is 11.2. The van der Waals surface area contributed by atoms with E-state index in [1.807, 2.05) is 0 Å². The quantitative estimate of drug-likeness (QED) is 0.422. The summed E-state index contributed by atoms with van der Waals surface area (Å²) in [7, 11) is 0. The van der Waals surface area contributed by atoms with E-state index in [-0.39, 0.29) is 55.0 Å². The zero-order chi connectivity index (χ0) is 13.7. The van der Waals surface area contributed by atoms with Crippen molar-refractivity contribution in [1.82, 2.24) is 9.55 Å². The van der Waals surface area contributed by atoms with E-state index in [1.54, 1.807) is 4.57 Å². The van der Waals surface area contributed by atoms with Crippen molar-refractivity contribution in [2.45, 2.75) is 19.6 Å². The zero-order valence-corrected chi connectivity index (χ0v) is 13.2. The molecule has 0 spiro atoms. The molecule has 9 heteroatoms. The first-order chi connectivity index (χ1) is 9.18. The van der Waals surface area contributed by atoms with Crippen LogP contribution in [0.4, 0.5) is 5.82 Å². The number of Topliss-reactive ketones (excluding diaryl/α,β-unsaturated/α-hetero) is 1. The molecular formula is C11H13N4NaO4. The number of imidazole rings is 1. The first-order valence-corrected chi connectivity index (χ1v) is 5.79. The Labute approximate surface area is 137 Å². The minimum Gasteiger partial charge on any atom is -0.550 e. The van der Waals surface area contributed by atoms with Gasteiger partial charge in [-0.1, -0.05) is 0 Å². The molecule has 0 atom stereocenters. The standard InChI is InChI=1S/C11H14N4O4.Na/c16-8-4-12-5-13-11-10(8)14-6-15(11)7-19-3-1-2-9(17)18;/h5-6H,1-4,7H2,(H,12,13)(H,17,18);/q;+1/p-1. The summed E-state index contributed by atoms with van der Waals surface area (Å²) in [5.41, 5.74) is 0.329. The number of rotatable bonds is 6. The molecule has 1 aromatic rings. The normalized spacial score (nSPS) is 13.1. The maximum absolute atomic E-state index is 11.6. The van der Waals surface area contributed by atoms with Gasteiger partial charge in [-0.25, -0.2) is 4.98 Å². The van der Waals surface area contributed by atoms with Gasteiger partial charge >= 0.3 is 29.6 Å². The number of ether oxygens (including phenoxy) is 1. The molecule has 2 heterocycles. The van der Waals surface area contributed by atoms with Gasteiger partial charge in [-0.05, 0) is 12.8 Å². The number of aliphatic carboxylic acids is 1. The number of carboxylic acid groups (broad SMARTS) is 1. The maximum Gasteiger partial charge on any atom is 1.00 e. The van der Waals surface area contributed by atoms with Crippen LogP contribution in [0.2, 0.25) is 0 Å². The number of hydrogen-bond acceptors (Lipinski definition) is 7. The molecule has 0 radical (unpaired) electrons. The summed E-state index contributed by atoms with van der Waals surface area (Å²) in [5.74, 6) is -0.721. The molecule has 0 saturated carbocycles. The number of nitrogens with one attached hydrogen (secondary N) is 1. The van der Waals surface area contributed by atoms with Crippen LogP contribution in [0.15, 0.2) is 11.3 Å². The smallest absolute Gasteiger partial charge is 0.550 e. The number of fused-ring (bicyclic) bond motifs is 1. The molecule has 0 aromatic carbocycles. The van der Waals surface area contributed by atoms with Gasteiger partial charge in [-0.2, -0.15) is 0 Å². The Morgan fingerprint density at radius 1 is 1.55 bits per heavy atom. The van der Waals surface area contributed by atoms with E-state index in [2.05, 4.69) is 15.3 Å². The third-order valence-corrected chi connectivity index (χ3v) is 2.53. The largest absolute Gasteiger partial charge is 1.00 e. The van der Waals surface area contributed by atoms with Gasteiger partial charge in [0.1, 0.15) is 19.1 Å². The second-order valence-electron chi connectivity index (χ2n) is 3.96. The van der Waals surface area contributed by atoms with Gasteiger partial charge in [0, 0.05) is 12.6 Å². The maximum atomic E-state index is 11.6. The molecule has 20 heavy (non-hydrogen) atoms. The Kier molecular flexibility index (Phi) is 6.86. The fourth-order valence-corrected chi connectivity index (χ4v) is 1.63. The fourth-order valence-electron chi connectivity index (χ4n) is 1.63. The van der Waals surface area contributed by atoms with Crippen LogP contribution in [-0.2, 0) is 16.3 Å². The van der Waals surface area contributed by atoms with Crippen LogP contribution in [0.1, 0.15) is 23.3 Å². The number of anilines is 1. The molecule has 0 aliphatic carbocycles. The summed E-state index contributed by atoms with van der Waals surface area (Å²) in [6, 6.07) is 0. The average Bonchev–Trinajstić information content (AvgIpc) is 2.67. The second kappa shape index (κ2) is 8.15. The van der Waals surface area contributed by atoms with Crippen molar-refractivity contribution in [1.29, 1.82) is 0 Å². The van der Waals surface area contributed by atoms with E-state index in [0.717, 1.165) is 0 Å². The second-order valence-corrected chi connectivity index (χ2v) is 3.96. The number of nitrogens with zero attached hydrogens (tertiary/aromatic N) is 3. The SMILES string of the molecule is O=C([O-])CCCOCn1cnc2c1NC=NCC2=O.[Na+]. The Hall–Kier alpha value is -1.22. The molecule has 0 fully saturated rings. The summed E-state index contributed by atoms with van der Waals surface area (Å²) in [6.45, 7) is 0.552. The predicted molar refractivity (Wildman–Crippen MR) is 63.7 cm³/mol. The molecule has 0 bridgehead atoms. The topological polar surface area (TPSA) is 109 Å². The van der Waals surface area contributed by atoms with Crippen molar-refractivity contribution in [3.05, 3.63) is 12.0 Å². The number of aromatic nitrogens is 2. The van der Waals surface area contributed by atoms with Crippen LogP contribution >= 0.6 is 0 Å². The number of hydrogen-bond donors (Lipinski definition) is 1. The summed E-state index contributed by atoms with van der Waals surface area (Å²) >= 11 is 0. The van der Waals surface area contributed by atoms with Crippen LogP contribution in [-0.4, -0.2) is 40.8 Å². The van der Waals surface area contributed by atoms with Crippen molar-refractivity contribution in [2.24, 2.45) is 4.99 Å². The Bertz CT molecular complexity index is 515. The number of aliphatic imine (C=N–C) groups is 1. The van der Waals surface area contributed by atoms with E-state index >= 15 is 0 Å². The van der Waals surface area contributed by atoms with Gasteiger partial charge in [-0.15, -0.1) is 0 Å². The number of carboxylic acids is 1. The van der Waals surface area contributed by atoms with Gasteiger partial charge in [0.05, 0.1) is 12.7 Å². The summed E-state index contributed by atoms with van der Waals surface area (Å²) < 4.78 is 6.94. The van der Waals surface area contributed by atoms with Gasteiger partial charge in [-0.3, -0.25) is 14.4 Å². The van der Waals surface area contributed by atoms with Crippen LogP contribution in [0.5, 0.6) is 0 Å². The van der Waals surface area contributed by atoms with E-state index in [1.165, 1.54) is 12.7 Å². The average molecular weight is 288 g/mol. The molecule has 102 valence electrons. The summed E-state index contributed by atoms with van der Waals surface area (Å²) in [6.07, 6.45) is 3.28. The Morgan fingerprint density at radius 2 is 2.35 bits per heavy atom. The van der Waals surface area contributed by atoms with Crippen LogP contribution in [0.25, 0.3) is 0 Å². The Balaban J connectivity index is 0.00000200. The first kappa shape index (κ1) is 16.8. The molecular weight excluding hydrogens is 275 g/mol. The van der Waals surface area contributed by atoms with Gasteiger partial charge in [0.2, 0.25) is 5.78 Å². The third-order valence-electron chi connectivity index (χ3n) is 2.53. The predicted octanol–water partition coefficient (Wildman–Crippen LogP) is -3.97. The molecule has 2 rings (SSSR count). The van der Waals surface area contributed by atoms with Crippen molar-refractivity contribution in [3.8, 4) is 0 Å². The number of carbonyl (C=O) groups is 2. The molecule has 1 N–H and O–H groups in total. The number of ketones is 1. The first-order valence-electron chi connectivity index (χ1n) is 5.79. The number of carbonyl (C=O) groups excluding carboxylic acids is 2. The van der Waals surface area contributed by atoms with Gasteiger partial charge in [0.15, 0.2) is 5.69 Å². The van der Waals surface area contributed by atoms with Gasteiger partial charge < -0.3 is 20.0 Å². The van der Waals surface area contributed by atoms with Crippen molar-refractivity contribution in [3.63, 3.8) is 0 Å². The van der Waals surface area contributed by atoms with E-state index in [0.29, 0.717) is 24.5 Å². The van der Waals surface area contributed by atoms with Crippen molar-refractivity contribution < 1.29 is 49.0 Å². The molecule has 1 aliphatic heterocycles. The molecule has 1 aliphatic rings. The van der Waals surface area contributed by atoms with E-state index in [9.17, 15) is 14.7 Å². The van der Waals surface area contributed by atoms with Crippen LogP contribution < -0.4 is 40.0 Å². The van der Waals surface area contributed by atoms with E-state index < -0.39 is 5.97 Å². The third kappa shape index (κ3) is 4.41. The monoisotopic (exact) mass is 288 g/mol. The summed E-state index contributed by atoms with van der Waals surface area (Å²) in [5, 5.41) is 13.1. The molecule has 1 aromatic heterocycles. The van der Waals surface area contributed by atoms with Crippen molar-refractivity contribution >= 4 is 23.9 Å². The minimum absolute atomic E-state index is 0. The van der Waals surface area contributed by atoms with Crippen LogP contribution in [0.3, 0.4) is 0 Å². The molecule has 0 unspecified atom stereocenters. The Morgan fingerprint density at radius 3 is 3.10 bits per heavy atom. The van der Waals surface area contributed by atoms with Crippen LogP contribution in [0, 0.1) is 0 Å². The molecule has 0 amide bonds. The minimum atomic E-state index is -1.09. The fraction of sp³-hybridized carbons (Fsp3) is 0.455. The van der Waals surface area contributed by atoms with Gasteiger partial charge in [0.25, 0.3) is 0 Å². The van der Waals surface area contributed by atoms with Crippen molar-refractivity contribution in [2.75, 3.05) is 18.5 Å². The molecule has 8 nitrogen and oxygen atoms in total.